The van der Waals surface area contributed by atoms with Gasteiger partial charge in [-0.3, -0.25) is 14.2 Å². The van der Waals surface area contributed by atoms with Gasteiger partial charge in [0, 0.05) is 51.7 Å². The number of carbonyl (C=O) groups is 1. The molecule has 49 heavy (non-hydrogen) atoms. The number of carbonyl (C=O) groups excluding carboxylic acids is 1. The van der Waals surface area contributed by atoms with Gasteiger partial charge < -0.3 is 25.7 Å². The summed E-state index contributed by atoms with van der Waals surface area (Å²) >= 11 is 8.01. The van der Waals surface area contributed by atoms with E-state index in [0.717, 1.165) is 49.6 Å². The molecule has 1 amide bonds. The lowest BCUT2D eigenvalue weighted by atomic mass is 9.81. The van der Waals surface area contributed by atoms with Crippen LogP contribution >= 0.6 is 34.2 Å². The zero-order valence-corrected chi connectivity index (χ0v) is 28.7. The summed E-state index contributed by atoms with van der Waals surface area (Å²) in [6, 6.07) is 20.0. The summed E-state index contributed by atoms with van der Waals surface area (Å²) in [6.07, 6.45) is 10.2. The standard InChI is InChI=1S/C29H26N6O3.C6H3ClIN3/c30-26-25-24(15-35(27(25)32-17-31-26)22-13-18(14-22)16-36)19-8-10-20(11-9-19)33-28(37)23-7-4-12-34(29(23)38)21-5-2-1-3-6-21;7-5-4-3(8)1-9-6(4)11-2-10-5/h1-12,15,17-18,22,36H,13-14,16H2,(H,33,37)(H2,30,31,32);1-2H,(H,9,10,11). The molecule has 1 aliphatic rings. The summed E-state index contributed by atoms with van der Waals surface area (Å²) in [5.74, 6) is 0.230. The van der Waals surface area contributed by atoms with Crippen molar-refractivity contribution < 1.29 is 9.90 Å². The van der Waals surface area contributed by atoms with Crippen LogP contribution in [0, 0.1) is 9.49 Å². The van der Waals surface area contributed by atoms with Crippen LogP contribution in [0.5, 0.6) is 0 Å². The number of rotatable bonds is 6. The minimum atomic E-state index is -0.481. The van der Waals surface area contributed by atoms with Gasteiger partial charge in [-0.1, -0.05) is 41.9 Å². The van der Waals surface area contributed by atoms with E-state index in [4.69, 9.17) is 17.3 Å². The third kappa shape index (κ3) is 6.39. The van der Waals surface area contributed by atoms with E-state index in [1.807, 2.05) is 54.9 Å². The van der Waals surface area contributed by atoms with Crippen molar-refractivity contribution in [1.29, 1.82) is 0 Å². The van der Waals surface area contributed by atoms with E-state index < -0.39 is 11.5 Å². The van der Waals surface area contributed by atoms with Crippen LogP contribution < -0.4 is 16.6 Å². The number of aromatic nitrogens is 7. The number of pyridine rings is 1. The van der Waals surface area contributed by atoms with Crippen LogP contribution in [0.3, 0.4) is 0 Å². The summed E-state index contributed by atoms with van der Waals surface area (Å²) in [5, 5.41) is 14.4. The molecule has 1 fully saturated rings. The molecule has 1 saturated carbocycles. The number of hydrogen-bond acceptors (Lipinski definition) is 8. The number of halogens is 2. The summed E-state index contributed by atoms with van der Waals surface area (Å²) in [7, 11) is 0. The number of nitrogens with one attached hydrogen (secondary N) is 2. The second kappa shape index (κ2) is 13.8. The topological polar surface area (TPSA) is 170 Å². The fourth-order valence-corrected chi connectivity index (χ4v) is 7.02. The van der Waals surface area contributed by atoms with Gasteiger partial charge in [-0.05, 0) is 83.3 Å². The van der Waals surface area contributed by atoms with Gasteiger partial charge in [0.2, 0.25) is 0 Å². The number of aromatic amines is 1. The summed E-state index contributed by atoms with van der Waals surface area (Å²) in [4.78, 5) is 45.5. The highest BCUT2D eigenvalue weighted by molar-refractivity contribution is 14.1. The minimum Gasteiger partial charge on any atom is -0.396 e. The van der Waals surface area contributed by atoms with Gasteiger partial charge in [0.15, 0.2) is 0 Å². The van der Waals surface area contributed by atoms with Gasteiger partial charge in [-0.15, -0.1) is 0 Å². The zero-order valence-electron chi connectivity index (χ0n) is 25.8. The lowest BCUT2D eigenvalue weighted by Crippen LogP contribution is -2.28. The quantitative estimate of drug-likeness (QED) is 0.113. The van der Waals surface area contributed by atoms with E-state index in [0.29, 0.717) is 28.3 Å². The van der Waals surface area contributed by atoms with E-state index in [1.165, 1.54) is 23.3 Å². The summed E-state index contributed by atoms with van der Waals surface area (Å²) in [5.41, 5.74) is 10.5. The molecule has 0 radical (unpaired) electrons. The van der Waals surface area contributed by atoms with Crippen molar-refractivity contribution in [3.8, 4) is 16.8 Å². The van der Waals surface area contributed by atoms with Gasteiger partial charge in [-0.2, -0.15) is 0 Å². The number of para-hydroxylation sites is 1. The Morgan fingerprint density at radius 2 is 1.76 bits per heavy atom. The molecule has 0 saturated heterocycles. The smallest absolute Gasteiger partial charge is 0.267 e. The monoisotopic (exact) mass is 785 g/mol. The Bertz CT molecular complexity index is 2350. The average molecular weight is 786 g/mol. The van der Waals surface area contributed by atoms with Crippen molar-refractivity contribution in [2.75, 3.05) is 17.7 Å². The van der Waals surface area contributed by atoms with E-state index in [-0.39, 0.29) is 18.2 Å². The number of fused-ring (bicyclic) bond motifs is 2. The first kappa shape index (κ1) is 32.4. The molecule has 5 N–H and O–H groups in total. The Labute approximate surface area is 298 Å². The van der Waals surface area contributed by atoms with E-state index in [9.17, 15) is 14.7 Å². The molecule has 0 atom stereocenters. The molecule has 0 unspecified atom stereocenters. The molecule has 2 aromatic carbocycles. The number of aliphatic hydroxyl groups excluding tert-OH is 1. The molecule has 0 spiro atoms. The lowest BCUT2D eigenvalue weighted by Gasteiger charge is -2.35. The lowest BCUT2D eigenvalue weighted by molar-refractivity contribution is 0.102. The Balaban J connectivity index is 0.000000290. The predicted octanol–water partition coefficient (Wildman–Crippen LogP) is 6.24. The van der Waals surface area contributed by atoms with Crippen molar-refractivity contribution >= 4 is 73.7 Å². The van der Waals surface area contributed by atoms with Crippen LogP contribution in [0.4, 0.5) is 11.5 Å². The van der Waals surface area contributed by atoms with Gasteiger partial charge in [-0.25, -0.2) is 19.9 Å². The number of hydrogen-bond donors (Lipinski definition) is 4. The van der Waals surface area contributed by atoms with Crippen molar-refractivity contribution in [3.63, 3.8) is 0 Å². The van der Waals surface area contributed by atoms with Crippen molar-refractivity contribution in [3.05, 3.63) is 123 Å². The van der Waals surface area contributed by atoms with E-state index >= 15 is 0 Å². The molecular weight excluding hydrogens is 757 g/mol. The molecule has 12 nitrogen and oxygen atoms in total. The molecule has 1 aliphatic carbocycles. The molecule has 7 aromatic rings. The van der Waals surface area contributed by atoms with Crippen molar-refractivity contribution in [2.45, 2.75) is 18.9 Å². The first-order chi connectivity index (χ1) is 23.8. The normalized spacial score (nSPS) is 15.4. The Hall–Kier alpha value is -5.12. The molecule has 14 heteroatoms. The number of nitrogens with two attached hydrogens (primary N) is 1. The van der Waals surface area contributed by atoms with Gasteiger partial charge in [0.05, 0.1) is 10.8 Å². The second-order valence-corrected chi connectivity index (χ2v) is 13.1. The second-order valence-electron chi connectivity index (χ2n) is 11.6. The molecular formula is C35H29ClIN9O3. The Morgan fingerprint density at radius 1 is 1.00 bits per heavy atom. The van der Waals surface area contributed by atoms with Crippen LogP contribution in [-0.4, -0.2) is 51.7 Å². The highest BCUT2D eigenvalue weighted by Crippen LogP contribution is 2.42. The number of aliphatic hydroxyl groups is 1. The van der Waals surface area contributed by atoms with Gasteiger partial charge in [0.25, 0.3) is 11.5 Å². The largest absolute Gasteiger partial charge is 0.396 e. The molecule has 0 bridgehead atoms. The number of amides is 1. The van der Waals surface area contributed by atoms with Crippen LogP contribution in [0.15, 0.2) is 103 Å². The Kier molecular flexibility index (Phi) is 9.12. The molecule has 246 valence electrons. The molecule has 0 aliphatic heterocycles. The van der Waals surface area contributed by atoms with Crippen molar-refractivity contribution in [1.82, 2.24) is 34.1 Å². The summed E-state index contributed by atoms with van der Waals surface area (Å²) in [6.45, 7) is 0.190. The number of nitrogen functional groups attached to an aromatic ring is 1. The fraction of sp³-hybridized carbons (Fsp3) is 0.143. The van der Waals surface area contributed by atoms with Gasteiger partial charge >= 0.3 is 0 Å². The zero-order chi connectivity index (χ0) is 34.1. The predicted molar refractivity (Wildman–Crippen MR) is 198 cm³/mol. The molecule has 5 aromatic heterocycles. The average Bonchev–Trinajstić information content (AvgIpc) is 3.68. The summed E-state index contributed by atoms with van der Waals surface area (Å²) < 4.78 is 4.62. The number of anilines is 2. The third-order valence-corrected chi connectivity index (χ3v) is 9.69. The third-order valence-electron chi connectivity index (χ3n) is 8.56. The number of benzene rings is 2. The van der Waals surface area contributed by atoms with Crippen LogP contribution in [0.25, 0.3) is 38.9 Å². The number of nitrogens with zero attached hydrogens (tertiary/aromatic N) is 6. The molecule has 8 rings (SSSR count). The minimum absolute atomic E-state index is 0.0510. The fourth-order valence-electron chi connectivity index (χ4n) is 5.96. The van der Waals surface area contributed by atoms with E-state index in [2.05, 4.69) is 57.4 Å². The van der Waals surface area contributed by atoms with Crippen LogP contribution in [0.2, 0.25) is 5.15 Å². The highest BCUT2D eigenvalue weighted by Gasteiger charge is 2.32. The van der Waals surface area contributed by atoms with E-state index in [1.54, 1.807) is 24.4 Å². The maximum Gasteiger partial charge on any atom is 0.267 e. The van der Waals surface area contributed by atoms with Crippen LogP contribution in [0.1, 0.15) is 29.2 Å². The van der Waals surface area contributed by atoms with Crippen LogP contribution in [-0.2, 0) is 0 Å². The van der Waals surface area contributed by atoms with Crippen molar-refractivity contribution in [2.24, 2.45) is 5.92 Å². The SMILES string of the molecule is Clc1ncnc2[nH]cc(I)c12.Nc1ncnc2c1c(-c1ccc(NC(=O)c3cccn(-c4ccccc4)c3=O)cc1)cn2C1CC(CO)C1. The first-order valence-electron chi connectivity index (χ1n) is 15.4. The highest BCUT2D eigenvalue weighted by atomic mass is 127. The maximum atomic E-state index is 13.0. The Morgan fingerprint density at radius 3 is 2.49 bits per heavy atom. The van der Waals surface area contributed by atoms with Gasteiger partial charge in [0.1, 0.15) is 40.5 Å². The first-order valence-corrected chi connectivity index (χ1v) is 16.8. The maximum absolute atomic E-state index is 13.0. The molecule has 5 heterocycles. The number of H-pyrrole nitrogens is 1.